The van der Waals surface area contributed by atoms with Crippen LogP contribution < -0.4 is 15.4 Å². The van der Waals surface area contributed by atoms with E-state index in [1.54, 1.807) is 37.5 Å². The Bertz CT molecular complexity index is 942. The molecule has 2 N–H and O–H groups in total. The number of benzene rings is 2. The van der Waals surface area contributed by atoms with Crippen molar-refractivity contribution >= 4 is 51.9 Å². The van der Waals surface area contributed by atoms with Crippen LogP contribution in [0.2, 0.25) is 5.02 Å². The second-order valence-corrected chi connectivity index (χ2v) is 6.53. The molecule has 0 radical (unpaired) electrons. The van der Waals surface area contributed by atoms with E-state index in [0.29, 0.717) is 26.6 Å². The van der Waals surface area contributed by atoms with E-state index in [1.807, 2.05) is 30.3 Å². The van der Waals surface area contributed by atoms with Crippen molar-refractivity contribution in [3.8, 4) is 5.75 Å². The average Bonchev–Trinajstić information content (AvgIpc) is 3.08. The number of rotatable bonds is 5. The van der Waals surface area contributed by atoms with Crippen molar-refractivity contribution in [3.63, 3.8) is 0 Å². The van der Waals surface area contributed by atoms with Crippen LogP contribution in [0.15, 0.2) is 48.5 Å². The van der Waals surface area contributed by atoms with E-state index >= 15 is 0 Å². The molecule has 0 fully saturated rings. The molecule has 0 saturated carbocycles. The highest BCUT2D eigenvalue weighted by Crippen LogP contribution is 2.21. The van der Waals surface area contributed by atoms with E-state index in [9.17, 15) is 4.79 Å². The maximum atomic E-state index is 12.1. The Morgan fingerprint density at radius 1 is 1.12 bits per heavy atom. The normalized spacial score (nSPS) is 10.7. The molecule has 0 aliphatic rings. The molecule has 3 rings (SSSR count). The Kier molecular flexibility index (Phi) is 5.83. The lowest BCUT2D eigenvalue weighted by atomic mass is 10.2. The van der Waals surface area contributed by atoms with Gasteiger partial charge in [-0.05, 0) is 29.8 Å². The van der Waals surface area contributed by atoms with Crippen molar-refractivity contribution < 1.29 is 9.53 Å². The molecule has 6 nitrogen and oxygen atoms in total. The Morgan fingerprint density at radius 3 is 2.77 bits per heavy atom. The van der Waals surface area contributed by atoms with Crippen LogP contribution in [0.1, 0.15) is 10.6 Å². The minimum Gasteiger partial charge on any atom is -0.497 e. The van der Waals surface area contributed by atoms with E-state index in [2.05, 4.69) is 20.8 Å². The first kappa shape index (κ1) is 17.9. The molecule has 26 heavy (non-hydrogen) atoms. The first-order valence-corrected chi connectivity index (χ1v) is 8.81. The smallest absolute Gasteiger partial charge is 0.325 e. The number of methoxy groups -OCH3 is 1. The maximum absolute atomic E-state index is 12.1. The average molecular weight is 387 g/mol. The van der Waals surface area contributed by atoms with Gasteiger partial charge in [-0.25, -0.2) is 4.79 Å². The van der Waals surface area contributed by atoms with E-state index in [1.165, 1.54) is 11.3 Å². The molecule has 2 amide bonds. The highest BCUT2D eigenvalue weighted by molar-refractivity contribution is 7.16. The lowest BCUT2D eigenvalue weighted by Crippen LogP contribution is -2.19. The third-order valence-electron chi connectivity index (χ3n) is 3.30. The first-order chi connectivity index (χ1) is 12.6. The summed E-state index contributed by atoms with van der Waals surface area (Å²) < 4.78 is 5.12. The summed E-state index contributed by atoms with van der Waals surface area (Å²) in [6.07, 6.45) is 3.65. The number of urea groups is 1. The zero-order valence-electron chi connectivity index (χ0n) is 13.8. The molecule has 0 aliphatic carbocycles. The molecule has 132 valence electrons. The number of amides is 2. The van der Waals surface area contributed by atoms with Crippen molar-refractivity contribution in [2.45, 2.75) is 0 Å². The van der Waals surface area contributed by atoms with Gasteiger partial charge in [0.2, 0.25) is 5.13 Å². The molecular weight excluding hydrogens is 372 g/mol. The minimum absolute atomic E-state index is 0.393. The van der Waals surface area contributed by atoms with Gasteiger partial charge in [0.05, 0.1) is 7.11 Å². The highest BCUT2D eigenvalue weighted by Gasteiger charge is 2.07. The Labute approximate surface area is 159 Å². The molecule has 2 aromatic carbocycles. The van der Waals surface area contributed by atoms with Gasteiger partial charge < -0.3 is 10.1 Å². The van der Waals surface area contributed by atoms with Gasteiger partial charge >= 0.3 is 6.03 Å². The molecule has 8 heteroatoms. The summed E-state index contributed by atoms with van der Waals surface area (Å²) in [6, 6.07) is 14.2. The molecule has 0 atom stereocenters. The van der Waals surface area contributed by atoms with Crippen LogP contribution in [0.25, 0.3) is 12.2 Å². The van der Waals surface area contributed by atoms with Gasteiger partial charge in [0.25, 0.3) is 0 Å². The lowest BCUT2D eigenvalue weighted by molar-refractivity contribution is 0.262. The number of anilines is 2. The van der Waals surface area contributed by atoms with Crippen molar-refractivity contribution in [3.05, 3.63) is 64.1 Å². The van der Waals surface area contributed by atoms with Crippen LogP contribution in [0.3, 0.4) is 0 Å². The Balaban J connectivity index is 1.61. The summed E-state index contributed by atoms with van der Waals surface area (Å²) >= 11 is 7.36. The molecule has 3 aromatic rings. The number of nitrogens with zero attached hydrogens (tertiary/aromatic N) is 2. The summed E-state index contributed by atoms with van der Waals surface area (Å²) in [5.41, 5.74) is 1.50. The van der Waals surface area contributed by atoms with Crippen LogP contribution in [-0.4, -0.2) is 23.3 Å². The van der Waals surface area contributed by atoms with Gasteiger partial charge in [-0.2, -0.15) is 0 Å². The minimum atomic E-state index is -0.406. The lowest BCUT2D eigenvalue weighted by Gasteiger charge is -2.06. The summed E-state index contributed by atoms with van der Waals surface area (Å²) in [5, 5.41) is 15.0. The van der Waals surface area contributed by atoms with Gasteiger partial charge in [-0.15, -0.1) is 10.2 Å². The number of hydrogen-bond acceptors (Lipinski definition) is 5. The summed E-state index contributed by atoms with van der Waals surface area (Å²) in [6.45, 7) is 0. The standard InChI is InChI=1S/C18H15ClN4O2S/c1-25-14-7-4-6-13(11-14)20-17(24)21-18-23-22-16(26-18)10-9-12-5-2-3-8-15(12)19/h2-11H,1H3,(H2,20,21,23,24)/b10-9+. The number of carbonyl (C=O) groups excluding carboxylic acids is 1. The van der Waals surface area contributed by atoms with Crippen LogP contribution in [0.4, 0.5) is 15.6 Å². The quantitative estimate of drug-likeness (QED) is 0.645. The number of aromatic nitrogens is 2. The number of halogens is 1. The maximum Gasteiger partial charge on any atom is 0.325 e. The molecule has 1 heterocycles. The second kappa shape index (κ2) is 8.46. The molecule has 0 spiro atoms. The molecule has 0 unspecified atom stereocenters. The van der Waals surface area contributed by atoms with Crippen molar-refractivity contribution in [1.29, 1.82) is 0 Å². The van der Waals surface area contributed by atoms with Gasteiger partial charge in [0.1, 0.15) is 10.8 Å². The molecule has 0 saturated heterocycles. The van der Waals surface area contributed by atoms with E-state index in [-0.39, 0.29) is 0 Å². The SMILES string of the molecule is COc1cccc(NC(=O)Nc2nnc(/C=C/c3ccccc3Cl)s2)c1. The number of ether oxygens (including phenoxy) is 1. The Hall–Kier alpha value is -2.90. The summed E-state index contributed by atoms with van der Waals surface area (Å²) in [7, 11) is 1.57. The van der Waals surface area contributed by atoms with Crippen LogP contribution in [0, 0.1) is 0 Å². The van der Waals surface area contributed by atoms with Crippen molar-refractivity contribution in [2.75, 3.05) is 17.7 Å². The zero-order valence-corrected chi connectivity index (χ0v) is 15.3. The summed E-state index contributed by atoms with van der Waals surface area (Å²) in [4.78, 5) is 12.1. The fourth-order valence-electron chi connectivity index (χ4n) is 2.08. The third kappa shape index (κ3) is 4.81. The Morgan fingerprint density at radius 2 is 1.96 bits per heavy atom. The van der Waals surface area contributed by atoms with E-state index < -0.39 is 6.03 Å². The van der Waals surface area contributed by atoms with Crippen molar-refractivity contribution in [1.82, 2.24) is 10.2 Å². The number of hydrogen-bond donors (Lipinski definition) is 2. The number of carbonyl (C=O) groups is 1. The summed E-state index contributed by atoms with van der Waals surface area (Å²) in [5.74, 6) is 0.658. The third-order valence-corrected chi connectivity index (χ3v) is 4.45. The largest absolute Gasteiger partial charge is 0.497 e. The predicted octanol–water partition coefficient (Wildman–Crippen LogP) is 5.01. The van der Waals surface area contributed by atoms with Crippen LogP contribution in [-0.2, 0) is 0 Å². The zero-order chi connectivity index (χ0) is 18.4. The van der Waals surface area contributed by atoms with Crippen molar-refractivity contribution in [2.24, 2.45) is 0 Å². The molecule has 1 aromatic heterocycles. The second-order valence-electron chi connectivity index (χ2n) is 5.11. The van der Waals surface area contributed by atoms with Gasteiger partial charge in [0, 0.05) is 16.8 Å². The van der Waals surface area contributed by atoms with E-state index in [0.717, 1.165) is 5.56 Å². The fourth-order valence-corrected chi connectivity index (χ4v) is 2.92. The molecular formula is C18H15ClN4O2S. The molecule has 0 bridgehead atoms. The topological polar surface area (TPSA) is 76.1 Å². The van der Waals surface area contributed by atoms with Crippen LogP contribution >= 0.6 is 22.9 Å². The van der Waals surface area contributed by atoms with Crippen LogP contribution in [0.5, 0.6) is 5.75 Å². The highest BCUT2D eigenvalue weighted by atomic mass is 35.5. The van der Waals surface area contributed by atoms with Gasteiger partial charge in [-0.1, -0.05) is 53.3 Å². The van der Waals surface area contributed by atoms with E-state index in [4.69, 9.17) is 16.3 Å². The monoisotopic (exact) mass is 386 g/mol. The predicted molar refractivity (Wildman–Crippen MR) is 106 cm³/mol. The number of nitrogens with one attached hydrogen (secondary N) is 2. The molecule has 0 aliphatic heterocycles. The first-order valence-electron chi connectivity index (χ1n) is 7.62. The fraction of sp³-hybridized carbons (Fsp3) is 0.0556. The van der Waals surface area contributed by atoms with Gasteiger partial charge in [0.15, 0.2) is 0 Å². The van der Waals surface area contributed by atoms with Gasteiger partial charge in [-0.3, -0.25) is 5.32 Å².